The highest BCUT2D eigenvalue weighted by Gasteiger charge is 2.30. The summed E-state index contributed by atoms with van der Waals surface area (Å²) >= 11 is 0. The number of nitrogens with zero attached hydrogens (tertiary/aromatic N) is 2. The first kappa shape index (κ1) is 21.0. The highest BCUT2D eigenvalue weighted by atomic mass is 35.5. The van der Waals surface area contributed by atoms with Crippen molar-refractivity contribution in [3.05, 3.63) is 0 Å². The zero-order valence-corrected chi connectivity index (χ0v) is 15.8. The summed E-state index contributed by atoms with van der Waals surface area (Å²) in [5.74, 6) is 0.791. The van der Waals surface area contributed by atoms with Gasteiger partial charge in [0.05, 0.1) is 0 Å². The Kier molecular flexibility index (Phi) is 9.20. The van der Waals surface area contributed by atoms with E-state index in [2.05, 4.69) is 9.80 Å². The molecule has 0 radical (unpaired) electrons. The van der Waals surface area contributed by atoms with E-state index < -0.39 is 0 Å². The Labute approximate surface area is 153 Å². The quantitative estimate of drug-likeness (QED) is 0.836. The van der Waals surface area contributed by atoms with E-state index in [0.29, 0.717) is 18.2 Å². The van der Waals surface area contributed by atoms with E-state index >= 15 is 0 Å². The fourth-order valence-electron chi connectivity index (χ4n) is 4.43. The molecule has 2 N–H and O–H groups in total. The smallest absolute Gasteiger partial charge is 0.222 e. The molecule has 3 fully saturated rings. The second kappa shape index (κ2) is 10.1. The molecule has 1 aliphatic carbocycles. The van der Waals surface area contributed by atoms with E-state index in [1.54, 1.807) is 0 Å². The van der Waals surface area contributed by atoms with Crippen LogP contribution >= 0.6 is 24.8 Å². The van der Waals surface area contributed by atoms with Crippen LogP contribution in [0.5, 0.6) is 0 Å². The third-order valence-electron chi connectivity index (χ3n) is 5.88. The van der Waals surface area contributed by atoms with Crippen LogP contribution in [0.4, 0.5) is 0 Å². The summed E-state index contributed by atoms with van der Waals surface area (Å²) in [7, 11) is 0. The Hall–Kier alpha value is -0.0300. The molecule has 6 heteroatoms. The average Bonchev–Trinajstić information content (AvgIpc) is 3.04. The summed E-state index contributed by atoms with van der Waals surface area (Å²) in [6.07, 6.45) is 10.5. The minimum atomic E-state index is 0. The topological polar surface area (TPSA) is 49.6 Å². The van der Waals surface area contributed by atoms with Crippen LogP contribution in [0.3, 0.4) is 0 Å². The number of carbonyl (C=O) groups excluding carboxylic acids is 1. The molecule has 2 unspecified atom stereocenters. The van der Waals surface area contributed by atoms with Crippen molar-refractivity contribution in [3.63, 3.8) is 0 Å². The van der Waals surface area contributed by atoms with Crippen LogP contribution < -0.4 is 5.73 Å². The van der Waals surface area contributed by atoms with Crippen molar-refractivity contribution < 1.29 is 4.79 Å². The summed E-state index contributed by atoms with van der Waals surface area (Å²) < 4.78 is 0. The summed E-state index contributed by atoms with van der Waals surface area (Å²) in [4.78, 5) is 17.2. The Morgan fingerprint density at radius 3 is 2.09 bits per heavy atom. The molecule has 2 atom stereocenters. The summed E-state index contributed by atoms with van der Waals surface area (Å²) in [5.41, 5.74) is 6.18. The van der Waals surface area contributed by atoms with E-state index in [1.807, 2.05) is 0 Å². The lowest BCUT2D eigenvalue weighted by Gasteiger charge is -2.38. The Morgan fingerprint density at radius 2 is 1.48 bits per heavy atom. The molecule has 0 aromatic heterocycles. The first-order chi connectivity index (χ1) is 10.2. The lowest BCUT2D eigenvalue weighted by molar-refractivity contribution is -0.134. The normalized spacial score (nSPS) is 29.7. The Balaban J connectivity index is 0.00000132. The van der Waals surface area contributed by atoms with Crippen LogP contribution in [0.25, 0.3) is 0 Å². The van der Waals surface area contributed by atoms with Crippen molar-refractivity contribution in [2.24, 2.45) is 11.7 Å². The molecule has 2 aliphatic heterocycles. The molecular formula is C17H33Cl2N3O. The van der Waals surface area contributed by atoms with Crippen LogP contribution in [0.1, 0.15) is 57.8 Å². The van der Waals surface area contributed by atoms with Crippen molar-refractivity contribution in [1.82, 2.24) is 9.80 Å². The van der Waals surface area contributed by atoms with Gasteiger partial charge < -0.3 is 15.5 Å². The van der Waals surface area contributed by atoms with Gasteiger partial charge in [-0.2, -0.15) is 0 Å². The average molecular weight is 366 g/mol. The van der Waals surface area contributed by atoms with E-state index in [4.69, 9.17) is 5.73 Å². The standard InChI is InChI=1S/C17H31N3O.2ClH/c18-16-6-2-1-5-14(16)13-17(21)20-11-7-15(8-12-20)19-9-3-4-10-19;;/h14-16H,1-13,18H2;2*1H. The molecule has 136 valence electrons. The monoisotopic (exact) mass is 365 g/mol. The number of rotatable bonds is 3. The number of halogens is 2. The predicted octanol–water partition coefficient (Wildman–Crippen LogP) is 2.82. The van der Waals surface area contributed by atoms with E-state index in [9.17, 15) is 4.79 Å². The molecule has 4 nitrogen and oxygen atoms in total. The van der Waals surface area contributed by atoms with Crippen molar-refractivity contribution >= 4 is 30.7 Å². The van der Waals surface area contributed by atoms with Gasteiger partial charge in [0.1, 0.15) is 0 Å². The fraction of sp³-hybridized carbons (Fsp3) is 0.941. The molecule has 3 aliphatic rings. The van der Waals surface area contributed by atoms with Gasteiger partial charge in [-0.15, -0.1) is 24.8 Å². The highest BCUT2D eigenvalue weighted by molar-refractivity contribution is 5.85. The molecule has 1 amide bonds. The number of piperidine rings is 1. The fourth-order valence-corrected chi connectivity index (χ4v) is 4.43. The lowest BCUT2D eigenvalue weighted by atomic mass is 9.82. The minimum absolute atomic E-state index is 0. The van der Waals surface area contributed by atoms with Crippen molar-refractivity contribution in [2.45, 2.75) is 69.9 Å². The number of amides is 1. The molecular weight excluding hydrogens is 333 g/mol. The van der Waals surface area contributed by atoms with Gasteiger partial charge in [-0.05, 0) is 57.5 Å². The molecule has 2 heterocycles. The molecule has 3 rings (SSSR count). The van der Waals surface area contributed by atoms with Crippen LogP contribution in [-0.4, -0.2) is 54.0 Å². The van der Waals surface area contributed by atoms with Crippen LogP contribution in [-0.2, 0) is 4.79 Å². The highest BCUT2D eigenvalue weighted by Crippen LogP contribution is 2.27. The first-order valence-corrected chi connectivity index (χ1v) is 9.01. The molecule has 2 saturated heterocycles. The first-order valence-electron chi connectivity index (χ1n) is 9.01. The van der Waals surface area contributed by atoms with Gasteiger partial charge in [0, 0.05) is 31.6 Å². The largest absolute Gasteiger partial charge is 0.343 e. The number of carbonyl (C=O) groups is 1. The number of likely N-dealkylation sites (tertiary alicyclic amines) is 2. The zero-order chi connectivity index (χ0) is 14.7. The number of hydrogen-bond acceptors (Lipinski definition) is 3. The SMILES string of the molecule is Cl.Cl.NC1CCCCC1CC(=O)N1CCC(N2CCCC2)CC1. The maximum absolute atomic E-state index is 12.5. The van der Waals surface area contributed by atoms with Gasteiger partial charge in [-0.1, -0.05) is 12.8 Å². The molecule has 0 bridgehead atoms. The maximum atomic E-state index is 12.5. The second-order valence-electron chi connectivity index (χ2n) is 7.27. The van der Waals surface area contributed by atoms with E-state index in [-0.39, 0.29) is 30.9 Å². The van der Waals surface area contributed by atoms with Gasteiger partial charge in [0.25, 0.3) is 0 Å². The lowest BCUT2D eigenvalue weighted by Crippen LogP contribution is -2.47. The van der Waals surface area contributed by atoms with Crippen LogP contribution in [0.2, 0.25) is 0 Å². The third-order valence-corrected chi connectivity index (χ3v) is 5.88. The molecule has 0 spiro atoms. The van der Waals surface area contributed by atoms with Gasteiger partial charge in [-0.25, -0.2) is 0 Å². The van der Waals surface area contributed by atoms with Gasteiger partial charge in [-0.3, -0.25) is 4.79 Å². The summed E-state index contributed by atoms with van der Waals surface area (Å²) in [6.45, 7) is 4.47. The van der Waals surface area contributed by atoms with Gasteiger partial charge in [0.15, 0.2) is 0 Å². The third kappa shape index (κ3) is 5.48. The maximum Gasteiger partial charge on any atom is 0.222 e. The zero-order valence-electron chi connectivity index (χ0n) is 14.1. The van der Waals surface area contributed by atoms with E-state index in [0.717, 1.165) is 32.0 Å². The number of hydrogen-bond donors (Lipinski definition) is 1. The number of nitrogens with two attached hydrogens (primary N) is 1. The van der Waals surface area contributed by atoms with E-state index in [1.165, 1.54) is 51.6 Å². The Morgan fingerprint density at radius 1 is 0.870 bits per heavy atom. The van der Waals surface area contributed by atoms with Crippen LogP contribution in [0.15, 0.2) is 0 Å². The summed E-state index contributed by atoms with van der Waals surface area (Å²) in [5, 5.41) is 0. The minimum Gasteiger partial charge on any atom is -0.343 e. The Bertz CT molecular complexity index is 356. The van der Waals surface area contributed by atoms with Gasteiger partial charge >= 0.3 is 0 Å². The predicted molar refractivity (Wildman–Crippen MR) is 99.5 cm³/mol. The molecule has 1 saturated carbocycles. The summed E-state index contributed by atoms with van der Waals surface area (Å²) in [6, 6.07) is 0.985. The van der Waals surface area contributed by atoms with Crippen LogP contribution in [0, 0.1) is 5.92 Å². The molecule has 23 heavy (non-hydrogen) atoms. The van der Waals surface area contributed by atoms with Crippen molar-refractivity contribution in [3.8, 4) is 0 Å². The second-order valence-corrected chi connectivity index (χ2v) is 7.27. The van der Waals surface area contributed by atoms with Crippen molar-refractivity contribution in [2.75, 3.05) is 26.2 Å². The molecule has 0 aromatic rings. The van der Waals surface area contributed by atoms with Crippen molar-refractivity contribution in [1.29, 1.82) is 0 Å². The van der Waals surface area contributed by atoms with Gasteiger partial charge in [0.2, 0.25) is 5.91 Å². The molecule has 0 aromatic carbocycles.